The molecule has 96 valence electrons. The molecule has 0 N–H and O–H groups in total. The Morgan fingerprint density at radius 1 is 1.32 bits per heavy atom. The van der Waals surface area contributed by atoms with Crippen LogP contribution in [0.5, 0.6) is 0 Å². The lowest BCUT2D eigenvalue weighted by atomic mass is 10.1. The van der Waals surface area contributed by atoms with E-state index in [4.69, 9.17) is 0 Å². The Balaban J connectivity index is 2.17. The predicted octanol–water partition coefficient (Wildman–Crippen LogP) is 2.96. The topological polar surface area (TPSA) is 43.6 Å². The summed E-state index contributed by atoms with van der Waals surface area (Å²) >= 11 is 0. The summed E-state index contributed by atoms with van der Waals surface area (Å²) in [7, 11) is 0. The monoisotopic (exact) mass is 256 g/mol. The third-order valence-corrected chi connectivity index (χ3v) is 3.09. The Hall–Kier alpha value is -2.30. The van der Waals surface area contributed by atoms with Crippen molar-refractivity contribution in [1.29, 1.82) is 0 Å². The minimum atomic E-state index is -0.279. The zero-order valence-electron chi connectivity index (χ0n) is 10.8. The molecule has 0 spiro atoms. The van der Waals surface area contributed by atoms with Crippen LogP contribution in [0.4, 0.5) is 4.39 Å². The summed E-state index contributed by atoms with van der Waals surface area (Å²) in [5.41, 5.74) is 1.36. The highest BCUT2D eigenvalue weighted by molar-refractivity contribution is 5.82. The van der Waals surface area contributed by atoms with Crippen LogP contribution < -0.4 is 0 Å². The summed E-state index contributed by atoms with van der Waals surface area (Å²) < 4.78 is 15.6. The maximum absolute atomic E-state index is 13.7. The van der Waals surface area contributed by atoms with Gasteiger partial charge in [0, 0.05) is 23.7 Å². The van der Waals surface area contributed by atoms with Gasteiger partial charge >= 0.3 is 0 Å². The number of rotatable bonds is 2. The van der Waals surface area contributed by atoms with Gasteiger partial charge in [-0.05, 0) is 32.0 Å². The van der Waals surface area contributed by atoms with E-state index >= 15 is 0 Å². The highest BCUT2D eigenvalue weighted by Gasteiger charge is 2.10. The van der Waals surface area contributed by atoms with Crippen molar-refractivity contribution >= 4 is 10.9 Å². The molecule has 3 rings (SSSR count). The summed E-state index contributed by atoms with van der Waals surface area (Å²) in [5, 5.41) is 4.87. The lowest BCUT2D eigenvalue weighted by molar-refractivity contribution is 0.636. The average molecular weight is 256 g/mol. The standard InChI is InChI=1S/C14H13FN4/c1-3-19-9(2)17-14(18-19)10-7-11-12(15)5-4-6-13(11)16-8-10/h4-8H,3H2,1-2H3. The number of pyridine rings is 1. The van der Waals surface area contributed by atoms with Gasteiger partial charge in [0.15, 0.2) is 5.82 Å². The first-order chi connectivity index (χ1) is 9.19. The largest absolute Gasteiger partial charge is 0.255 e. The number of aromatic nitrogens is 4. The third kappa shape index (κ3) is 1.97. The molecule has 5 heteroatoms. The van der Waals surface area contributed by atoms with Crippen LogP contribution in [0, 0.1) is 12.7 Å². The van der Waals surface area contributed by atoms with Gasteiger partial charge < -0.3 is 0 Å². The summed E-state index contributed by atoms with van der Waals surface area (Å²) in [6.07, 6.45) is 1.68. The van der Waals surface area contributed by atoms with Crippen LogP contribution in [0.2, 0.25) is 0 Å². The minimum absolute atomic E-state index is 0.279. The molecule has 0 atom stereocenters. The maximum Gasteiger partial charge on any atom is 0.182 e. The van der Waals surface area contributed by atoms with Crippen molar-refractivity contribution < 1.29 is 4.39 Å². The van der Waals surface area contributed by atoms with Crippen molar-refractivity contribution in [2.75, 3.05) is 0 Å². The molecule has 2 aromatic heterocycles. The van der Waals surface area contributed by atoms with Gasteiger partial charge in [0.05, 0.1) is 5.52 Å². The fourth-order valence-electron chi connectivity index (χ4n) is 2.08. The number of halogens is 1. The molecule has 0 amide bonds. The minimum Gasteiger partial charge on any atom is -0.255 e. The smallest absolute Gasteiger partial charge is 0.182 e. The predicted molar refractivity (Wildman–Crippen MR) is 71.1 cm³/mol. The molecule has 0 saturated carbocycles. The van der Waals surface area contributed by atoms with Crippen LogP contribution in [-0.4, -0.2) is 19.7 Å². The number of aryl methyl sites for hydroxylation is 2. The van der Waals surface area contributed by atoms with Crippen molar-refractivity contribution in [1.82, 2.24) is 19.7 Å². The van der Waals surface area contributed by atoms with E-state index in [0.717, 1.165) is 17.9 Å². The lowest BCUT2D eigenvalue weighted by Crippen LogP contribution is -1.98. The molecule has 0 radical (unpaired) electrons. The second-order valence-corrected chi connectivity index (χ2v) is 4.33. The fourth-order valence-corrected chi connectivity index (χ4v) is 2.08. The van der Waals surface area contributed by atoms with E-state index in [0.29, 0.717) is 16.7 Å². The first-order valence-electron chi connectivity index (χ1n) is 6.15. The lowest BCUT2D eigenvalue weighted by Gasteiger charge is -2.00. The average Bonchev–Trinajstić information content (AvgIpc) is 2.80. The Bertz CT molecular complexity index is 748. The first kappa shape index (κ1) is 11.8. The molecule has 1 aromatic carbocycles. The van der Waals surface area contributed by atoms with Crippen molar-refractivity contribution in [2.45, 2.75) is 20.4 Å². The molecule has 0 aliphatic heterocycles. The van der Waals surface area contributed by atoms with Gasteiger partial charge in [-0.2, -0.15) is 5.10 Å². The second-order valence-electron chi connectivity index (χ2n) is 4.33. The molecule has 4 nitrogen and oxygen atoms in total. The van der Waals surface area contributed by atoms with E-state index in [1.54, 1.807) is 29.1 Å². The molecule has 0 unspecified atom stereocenters. The maximum atomic E-state index is 13.7. The quantitative estimate of drug-likeness (QED) is 0.708. The van der Waals surface area contributed by atoms with E-state index in [1.165, 1.54) is 6.07 Å². The molecule has 0 aliphatic carbocycles. The summed E-state index contributed by atoms with van der Waals surface area (Å²) in [6, 6.07) is 6.60. The Labute approximate surface area is 109 Å². The van der Waals surface area contributed by atoms with Gasteiger partial charge in [0.25, 0.3) is 0 Å². The molecule has 0 fully saturated rings. The SMILES string of the molecule is CCn1nc(-c2cnc3cccc(F)c3c2)nc1C. The van der Waals surface area contributed by atoms with Crippen LogP contribution in [0.25, 0.3) is 22.3 Å². The Morgan fingerprint density at radius 2 is 2.16 bits per heavy atom. The number of nitrogens with zero attached hydrogens (tertiary/aromatic N) is 4. The summed E-state index contributed by atoms with van der Waals surface area (Å²) in [6.45, 7) is 4.66. The molecule has 0 aliphatic rings. The second kappa shape index (κ2) is 4.42. The van der Waals surface area contributed by atoms with Crippen molar-refractivity contribution in [3.8, 4) is 11.4 Å². The van der Waals surface area contributed by atoms with Gasteiger partial charge in [-0.15, -0.1) is 0 Å². The highest BCUT2D eigenvalue weighted by atomic mass is 19.1. The van der Waals surface area contributed by atoms with Gasteiger partial charge in [-0.1, -0.05) is 6.07 Å². The van der Waals surface area contributed by atoms with E-state index < -0.39 is 0 Å². The van der Waals surface area contributed by atoms with Crippen LogP contribution in [0.3, 0.4) is 0 Å². The molecule has 3 aromatic rings. The van der Waals surface area contributed by atoms with Crippen molar-refractivity contribution in [3.05, 3.63) is 42.1 Å². The van der Waals surface area contributed by atoms with Crippen LogP contribution in [0.1, 0.15) is 12.7 Å². The summed E-state index contributed by atoms with van der Waals surface area (Å²) in [4.78, 5) is 8.63. The molecule has 0 saturated heterocycles. The summed E-state index contributed by atoms with van der Waals surface area (Å²) in [5.74, 6) is 1.14. The van der Waals surface area contributed by atoms with Gasteiger partial charge in [-0.25, -0.2) is 9.37 Å². The first-order valence-corrected chi connectivity index (χ1v) is 6.15. The van der Waals surface area contributed by atoms with Crippen molar-refractivity contribution in [2.24, 2.45) is 0 Å². The zero-order valence-corrected chi connectivity index (χ0v) is 10.8. The number of hydrogen-bond acceptors (Lipinski definition) is 3. The van der Waals surface area contributed by atoms with E-state index in [9.17, 15) is 4.39 Å². The number of benzene rings is 1. The van der Waals surface area contributed by atoms with E-state index in [2.05, 4.69) is 15.1 Å². The molecule has 19 heavy (non-hydrogen) atoms. The Morgan fingerprint density at radius 3 is 2.89 bits per heavy atom. The van der Waals surface area contributed by atoms with Gasteiger partial charge in [0.1, 0.15) is 11.6 Å². The van der Waals surface area contributed by atoms with Crippen LogP contribution in [-0.2, 0) is 6.54 Å². The van der Waals surface area contributed by atoms with Crippen LogP contribution in [0.15, 0.2) is 30.5 Å². The fraction of sp³-hybridized carbons (Fsp3) is 0.214. The molecular weight excluding hydrogens is 243 g/mol. The number of fused-ring (bicyclic) bond motifs is 1. The molecular formula is C14H13FN4. The Kier molecular flexibility index (Phi) is 2.74. The van der Waals surface area contributed by atoms with Crippen LogP contribution >= 0.6 is 0 Å². The molecule has 0 bridgehead atoms. The normalized spacial score (nSPS) is 11.1. The zero-order chi connectivity index (χ0) is 13.4. The van der Waals surface area contributed by atoms with Gasteiger partial charge in [-0.3, -0.25) is 9.67 Å². The third-order valence-electron chi connectivity index (χ3n) is 3.09. The van der Waals surface area contributed by atoms with E-state index in [1.807, 2.05) is 13.8 Å². The van der Waals surface area contributed by atoms with E-state index in [-0.39, 0.29) is 5.82 Å². The highest BCUT2D eigenvalue weighted by Crippen LogP contribution is 2.22. The van der Waals surface area contributed by atoms with Crippen molar-refractivity contribution in [3.63, 3.8) is 0 Å². The number of hydrogen-bond donors (Lipinski definition) is 0. The van der Waals surface area contributed by atoms with Gasteiger partial charge in [0.2, 0.25) is 0 Å². The molecule has 2 heterocycles.